The van der Waals surface area contributed by atoms with E-state index in [-0.39, 0.29) is 5.91 Å². The van der Waals surface area contributed by atoms with E-state index in [0.717, 1.165) is 37.7 Å². The van der Waals surface area contributed by atoms with E-state index < -0.39 is 11.4 Å². The monoisotopic (exact) mass is 288 g/mol. The molecule has 4 nitrogen and oxygen atoms in total. The molecule has 1 saturated carbocycles. The molecular weight excluding hydrogens is 264 g/mol. The predicted molar refractivity (Wildman–Crippen MR) is 82.9 cm³/mol. The summed E-state index contributed by atoms with van der Waals surface area (Å²) in [6, 6.07) is 7.52. The normalized spacial score (nSPS) is 17.8. The van der Waals surface area contributed by atoms with Crippen LogP contribution in [0.25, 0.3) is 0 Å². The Morgan fingerprint density at radius 3 is 2.33 bits per heavy atom. The van der Waals surface area contributed by atoms with Gasteiger partial charge >= 0.3 is 0 Å². The number of primary amides is 1. The Balaban J connectivity index is 2.24. The van der Waals surface area contributed by atoms with Crippen molar-refractivity contribution >= 4 is 11.8 Å². The van der Waals surface area contributed by atoms with Crippen molar-refractivity contribution in [3.05, 3.63) is 35.4 Å². The first-order valence-corrected chi connectivity index (χ1v) is 7.79. The highest BCUT2D eigenvalue weighted by molar-refractivity contribution is 6.00. The van der Waals surface area contributed by atoms with Gasteiger partial charge in [0, 0.05) is 5.56 Å². The minimum absolute atomic E-state index is 0.187. The van der Waals surface area contributed by atoms with Gasteiger partial charge in [-0.15, -0.1) is 0 Å². The molecule has 114 valence electrons. The minimum Gasteiger partial charge on any atom is -0.368 e. The molecule has 0 aromatic heterocycles. The van der Waals surface area contributed by atoms with Crippen LogP contribution in [0.5, 0.6) is 0 Å². The molecule has 0 unspecified atom stereocenters. The number of hydrogen-bond acceptors (Lipinski definition) is 2. The molecule has 21 heavy (non-hydrogen) atoms. The highest BCUT2D eigenvalue weighted by Crippen LogP contribution is 2.27. The predicted octanol–water partition coefficient (Wildman–Crippen LogP) is 2.56. The van der Waals surface area contributed by atoms with Crippen molar-refractivity contribution < 1.29 is 9.59 Å². The van der Waals surface area contributed by atoms with E-state index in [1.54, 1.807) is 6.07 Å². The van der Waals surface area contributed by atoms with E-state index in [2.05, 4.69) is 5.32 Å². The number of carbonyl (C=O) groups is 2. The number of carbonyl (C=O) groups excluding carboxylic acids is 2. The van der Waals surface area contributed by atoms with Gasteiger partial charge in [-0.2, -0.15) is 0 Å². The van der Waals surface area contributed by atoms with Crippen LogP contribution in [0.4, 0.5) is 0 Å². The van der Waals surface area contributed by atoms with E-state index in [9.17, 15) is 9.59 Å². The van der Waals surface area contributed by atoms with Crippen molar-refractivity contribution in [2.45, 2.75) is 57.4 Å². The van der Waals surface area contributed by atoms with Crippen LogP contribution in [0.15, 0.2) is 24.3 Å². The number of rotatable bonds is 4. The first kappa shape index (κ1) is 15.5. The zero-order valence-electron chi connectivity index (χ0n) is 12.7. The smallest absolute Gasteiger partial charge is 0.252 e. The molecule has 3 N–H and O–H groups in total. The molecule has 1 aliphatic carbocycles. The molecule has 4 heteroatoms. The van der Waals surface area contributed by atoms with E-state index in [1.807, 2.05) is 25.1 Å². The maximum Gasteiger partial charge on any atom is 0.252 e. The molecular formula is C17H24N2O2. The summed E-state index contributed by atoms with van der Waals surface area (Å²) in [5.74, 6) is -0.597. The summed E-state index contributed by atoms with van der Waals surface area (Å²) in [4.78, 5) is 24.6. The Morgan fingerprint density at radius 2 is 1.76 bits per heavy atom. The molecule has 2 amide bonds. The number of nitrogens with one attached hydrogen (secondary N) is 1. The fourth-order valence-corrected chi connectivity index (χ4v) is 3.10. The lowest BCUT2D eigenvalue weighted by molar-refractivity contribution is -0.124. The third-order valence-corrected chi connectivity index (χ3v) is 4.42. The summed E-state index contributed by atoms with van der Waals surface area (Å²) in [6.07, 6.45) is 6.11. The molecule has 0 aliphatic heterocycles. The van der Waals surface area contributed by atoms with Gasteiger partial charge in [-0.05, 0) is 30.9 Å². The molecule has 0 saturated heterocycles. The van der Waals surface area contributed by atoms with Crippen LogP contribution in [0.3, 0.4) is 0 Å². The Hall–Kier alpha value is -1.84. The molecule has 2 rings (SSSR count). The third-order valence-electron chi connectivity index (χ3n) is 4.42. The van der Waals surface area contributed by atoms with Crippen LogP contribution in [-0.4, -0.2) is 17.4 Å². The highest BCUT2D eigenvalue weighted by Gasteiger charge is 2.38. The Morgan fingerprint density at radius 1 is 1.14 bits per heavy atom. The second-order valence-corrected chi connectivity index (χ2v) is 5.83. The summed E-state index contributed by atoms with van der Waals surface area (Å²) in [5.41, 5.74) is 6.37. The molecule has 0 bridgehead atoms. The topological polar surface area (TPSA) is 72.2 Å². The standard InChI is InChI=1S/C17H24N2O2/c1-2-13-9-5-6-10-14(13)15(20)19-17(16(18)21)11-7-3-4-8-12-17/h5-6,9-10H,2-4,7-8,11-12H2,1H3,(H2,18,21)(H,19,20). The van der Waals surface area contributed by atoms with Gasteiger partial charge in [0.25, 0.3) is 5.91 Å². The third kappa shape index (κ3) is 3.43. The highest BCUT2D eigenvalue weighted by atomic mass is 16.2. The quantitative estimate of drug-likeness (QED) is 0.836. The lowest BCUT2D eigenvalue weighted by atomic mass is 9.88. The summed E-state index contributed by atoms with van der Waals surface area (Å²) in [5, 5.41) is 2.95. The van der Waals surface area contributed by atoms with Crippen molar-refractivity contribution in [3.63, 3.8) is 0 Å². The molecule has 0 radical (unpaired) electrons. The summed E-state index contributed by atoms with van der Waals surface area (Å²) in [7, 11) is 0. The van der Waals surface area contributed by atoms with Gasteiger partial charge in [-0.25, -0.2) is 0 Å². The lowest BCUT2D eigenvalue weighted by Crippen LogP contribution is -2.57. The fourth-order valence-electron chi connectivity index (χ4n) is 3.10. The number of amides is 2. The maximum atomic E-state index is 12.6. The van der Waals surface area contributed by atoms with Gasteiger partial charge in [-0.1, -0.05) is 50.8 Å². The van der Waals surface area contributed by atoms with Gasteiger partial charge in [0.05, 0.1) is 0 Å². The number of hydrogen-bond donors (Lipinski definition) is 2. The van der Waals surface area contributed by atoms with Gasteiger partial charge < -0.3 is 11.1 Å². The van der Waals surface area contributed by atoms with Gasteiger partial charge in [0.2, 0.25) is 5.91 Å². The zero-order valence-corrected chi connectivity index (χ0v) is 12.7. The van der Waals surface area contributed by atoms with Crippen molar-refractivity contribution in [1.82, 2.24) is 5.32 Å². The van der Waals surface area contributed by atoms with Crippen molar-refractivity contribution in [3.8, 4) is 0 Å². The van der Waals surface area contributed by atoms with Gasteiger partial charge in [0.1, 0.15) is 5.54 Å². The van der Waals surface area contributed by atoms with E-state index in [0.29, 0.717) is 18.4 Å². The largest absolute Gasteiger partial charge is 0.368 e. The van der Waals surface area contributed by atoms with Crippen LogP contribution in [-0.2, 0) is 11.2 Å². The molecule has 1 aromatic rings. The van der Waals surface area contributed by atoms with E-state index in [1.165, 1.54) is 0 Å². The first-order valence-electron chi connectivity index (χ1n) is 7.79. The lowest BCUT2D eigenvalue weighted by Gasteiger charge is -2.30. The maximum absolute atomic E-state index is 12.6. The molecule has 1 aromatic carbocycles. The van der Waals surface area contributed by atoms with Crippen LogP contribution in [0.1, 0.15) is 61.4 Å². The summed E-state index contributed by atoms with van der Waals surface area (Å²) >= 11 is 0. The Kier molecular flexibility index (Phi) is 4.99. The molecule has 0 heterocycles. The average Bonchev–Trinajstić information content (AvgIpc) is 2.73. The minimum atomic E-state index is -0.881. The van der Waals surface area contributed by atoms with Gasteiger partial charge in [-0.3, -0.25) is 9.59 Å². The van der Waals surface area contributed by atoms with Crippen LogP contribution in [0.2, 0.25) is 0 Å². The SMILES string of the molecule is CCc1ccccc1C(=O)NC1(C(N)=O)CCCCCC1. The van der Waals surface area contributed by atoms with Crippen LogP contribution >= 0.6 is 0 Å². The molecule has 0 spiro atoms. The average molecular weight is 288 g/mol. The molecule has 0 atom stereocenters. The number of benzene rings is 1. The Bertz CT molecular complexity index is 517. The van der Waals surface area contributed by atoms with Crippen LogP contribution in [0, 0.1) is 0 Å². The second-order valence-electron chi connectivity index (χ2n) is 5.83. The molecule has 1 fully saturated rings. The Labute approximate surface area is 126 Å². The fraction of sp³-hybridized carbons (Fsp3) is 0.529. The first-order chi connectivity index (χ1) is 10.1. The van der Waals surface area contributed by atoms with Crippen LogP contribution < -0.4 is 11.1 Å². The van der Waals surface area contributed by atoms with Gasteiger partial charge in [0.15, 0.2) is 0 Å². The zero-order chi connectivity index (χ0) is 15.3. The van der Waals surface area contributed by atoms with E-state index >= 15 is 0 Å². The van der Waals surface area contributed by atoms with Crippen molar-refractivity contribution in [2.75, 3.05) is 0 Å². The van der Waals surface area contributed by atoms with E-state index in [4.69, 9.17) is 5.73 Å². The summed E-state index contributed by atoms with van der Waals surface area (Å²) in [6.45, 7) is 2.02. The number of aryl methyl sites for hydroxylation is 1. The second kappa shape index (κ2) is 6.74. The number of nitrogens with two attached hydrogens (primary N) is 1. The molecule has 1 aliphatic rings. The van der Waals surface area contributed by atoms with Crippen molar-refractivity contribution in [2.24, 2.45) is 5.73 Å². The van der Waals surface area contributed by atoms with Crippen molar-refractivity contribution in [1.29, 1.82) is 0 Å². The summed E-state index contributed by atoms with van der Waals surface area (Å²) < 4.78 is 0.